The second kappa shape index (κ2) is 2.17. The summed E-state index contributed by atoms with van der Waals surface area (Å²) in [5.41, 5.74) is 0. The van der Waals surface area contributed by atoms with Crippen molar-refractivity contribution < 1.29 is 9.90 Å². The van der Waals surface area contributed by atoms with Crippen molar-refractivity contribution in [2.45, 2.75) is 12.8 Å². The molecule has 0 amide bonds. The number of rotatable bonds is 1. The van der Waals surface area contributed by atoms with Gasteiger partial charge in [0.05, 0.1) is 5.92 Å². The molecule has 0 saturated heterocycles. The first-order valence-electron chi connectivity index (χ1n) is 2.03. The van der Waals surface area contributed by atoms with Crippen LogP contribution in [0.15, 0.2) is 0 Å². The Kier molecular flexibility index (Phi) is 2.09. The summed E-state index contributed by atoms with van der Waals surface area (Å²) in [6, 6.07) is 0. The van der Waals surface area contributed by atoms with Crippen LogP contribution < -0.4 is 0 Å². The molecule has 1 rings (SSSR count). The Morgan fingerprint density at radius 3 is 2.00 bits per heavy atom. The van der Waals surface area contributed by atoms with Crippen molar-refractivity contribution in [3.8, 4) is 0 Å². The normalized spacial score (nSPS) is 17.7. The molecule has 3 heteroatoms. The molecule has 0 aliphatic heterocycles. The van der Waals surface area contributed by atoms with Crippen LogP contribution in [0.4, 0.5) is 0 Å². The molecule has 1 saturated carbocycles. The number of carboxylic acid groups (broad SMARTS) is 1. The summed E-state index contributed by atoms with van der Waals surface area (Å²) in [6.07, 6.45) is 1.80. The van der Waals surface area contributed by atoms with Gasteiger partial charge in [0.25, 0.3) is 0 Å². The van der Waals surface area contributed by atoms with E-state index in [9.17, 15) is 4.79 Å². The molecule has 0 atom stereocenters. The van der Waals surface area contributed by atoms with Crippen LogP contribution >= 0.6 is 12.4 Å². The van der Waals surface area contributed by atoms with Crippen molar-refractivity contribution in [1.29, 1.82) is 0 Å². The van der Waals surface area contributed by atoms with Crippen molar-refractivity contribution in [2.75, 3.05) is 0 Å². The van der Waals surface area contributed by atoms with E-state index in [2.05, 4.69) is 0 Å². The summed E-state index contributed by atoms with van der Waals surface area (Å²) in [6.45, 7) is 0. The third kappa shape index (κ3) is 1.78. The lowest BCUT2D eigenvalue weighted by molar-refractivity contribution is -0.138. The van der Waals surface area contributed by atoms with Crippen molar-refractivity contribution in [3.05, 3.63) is 0 Å². The van der Waals surface area contributed by atoms with Crippen LogP contribution in [0.3, 0.4) is 0 Å². The summed E-state index contributed by atoms with van der Waals surface area (Å²) < 4.78 is 0. The molecule has 0 spiro atoms. The van der Waals surface area contributed by atoms with E-state index in [4.69, 9.17) is 5.11 Å². The quantitative estimate of drug-likeness (QED) is 0.561. The van der Waals surface area contributed by atoms with Gasteiger partial charge in [0.1, 0.15) is 0 Å². The molecule has 0 aromatic heterocycles. The fourth-order valence-electron chi connectivity index (χ4n) is 0.330. The van der Waals surface area contributed by atoms with Crippen LogP contribution in [-0.2, 0) is 4.79 Å². The van der Waals surface area contributed by atoms with Gasteiger partial charge < -0.3 is 5.11 Å². The minimum Gasteiger partial charge on any atom is -0.481 e. The lowest BCUT2D eigenvalue weighted by atomic mass is 10.5. The molecule has 0 radical (unpaired) electrons. The highest BCUT2D eigenvalue weighted by atomic mass is 35.5. The predicted molar refractivity (Wildman–Crippen MR) is 27.6 cm³/mol. The van der Waals surface area contributed by atoms with Crippen molar-refractivity contribution in [3.63, 3.8) is 0 Å². The van der Waals surface area contributed by atoms with E-state index >= 15 is 0 Å². The third-order valence-electron chi connectivity index (χ3n) is 0.927. The predicted octanol–water partition coefficient (Wildman–Crippen LogP) is 0.903. The molecule has 1 N–H and O–H groups in total. The van der Waals surface area contributed by atoms with Crippen molar-refractivity contribution in [2.24, 2.45) is 5.92 Å². The van der Waals surface area contributed by atoms with Crippen LogP contribution in [0.2, 0.25) is 0 Å². The van der Waals surface area contributed by atoms with Gasteiger partial charge >= 0.3 is 5.97 Å². The number of hydrogen-bond donors (Lipinski definition) is 1. The SMILES string of the molecule is Cl.O=C(O)C1CC1. The Bertz CT molecular complexity index is 77.8. The Hall–Kier alpha value is -0.240. The molecular weight excluding hydrogens is 115 g/mol. The maximum atomic E-state index is 9.76. The second-order valence-corrected chi connectivity index (χ2v) is 1.61. The monoisotopic (exact) mass is 122 g/mol. The maximum absolute atomic E-state index is 9.76. The lowest BCUT2D eigenvalue weighted by Gasteiger charge is -1.75. The smallest absolute Gasteiger partial charge is 0.306 e. The van der Waals surface area contributed by atoms with Crippen LogP contribution in [0, 0.1) is 5.92 Å². The van der Waals surface area contributed by atoms with Gasteiger partial charge in [0, 0.05) is 0 Å². The molecule has 0 bridgehead atoms. The van der Waals surface area contributed by atoms with E-state index in [-0.39, 0.29) is 18.3 Å². The first-order chi connectivity index (χ1) is 2.80. The van der Waals surface area contributed by atoms with Gasteiger partial charge in [-0.25, -0.2) is 0 Å². The van der Waals surface area contributed by atoms with Gasteiger partial charge in [0.15, 0.2) is 0 Å². The van der Waals surface area contributed by atoms with Crippen LogP contribution in [0.1, 0.15) is 12.8 Å². The molecule has 1 aliphatic carbocycles. The van der Waals surface area contributed by atoms with Crippen molar-refractivity contribution >= 4 is 18.4 Å². The molecule has 2 nitrogen and oxygen atoms in total. The number of hydrogen-bond acceptors (Lipinski definition) is 1. The molecule has 42 valence electrons. The highest BCUT2D eigenvalue weighted by Crippen LogP contribution is 2.28. The summed E-state index contributed by atoms with van der Waals surface area (Å²) in [4.78, 5) is 9.76. The highest BCUT2D eigenvalue weighted by molar-refractivity contribution is 5.85. The molecule has 0 heterocycles. The summed E-state index contributed by atoms with van der Waals surface area (Å²) in [7, 11) is 0. The van der Waals surface area contributed by atoms with Gasteiger partial charge in [-0.2, -0.15) is 0 Å². The molecule has 0 unspecified atom stereocenters. The van der Waals surface area contributed by atoms with E-state index in [1.807, 2.05) is 0 Å². The molecule has 7 heavy (non-hydrogen) atoms. The summed E-state index contributed by atoms with van der Waals surface area (Å²) in [5, 5.41) is 8.05. The second-order valence-electron chi connectivity index (χ2n) is 1.61. The fraction of sp³-hybridized carbons (Fsp3) is 0.750. The minimum atomic E-state index is -0.630. The fourth-order valence-corrected chi connectivity index (χ4v) is 0.330. The first kappa shape index (κ1) is 6.76. The zero-order valence-corrected chi connectivity index (χ0v) is 4.57. The Morgan fingerprint density at radius 2 is 2.00 bits per heavy atom. The van der Waals surface area contributed by atoms with E-state index in [0.29, 0.717) is 0 Å². The van der Waals surface area contributed by atoms with Gasteiger partial charge in [0.2, 0.25) is 0 Å². The zero-order chi connectivity index (χ0) is 4.57. The zero-order valence-electron chi connectivity index (χ0n) is 3.76. The average Bonchev–Trinajstić information content (AvgIpc) is 2.06. The van der Waals surface area contributed by atoms with Crippen molar-refractivity contribution in [1.82, 2.24) is 0 Å². The standard InChI is InChI=1S/C4H6O2.ClH/c5-4(6)3-1-2-3;/h3H,1-2H2,(H,5,6);1H. The molecule has 0 aromatic carbocycles. The molecule has 0 aromatic rings. The van der Waals surface area contributed by atoms with E-state index < -0.39 is 5.97 Å². The number of halogens is 1. The Morgan fingerprint density at radius 1 is 1.57 bits per heavy atom. The van der Waals surface area contributed by atoms with E-state index in [1.54, 1.807) is 0 Å². The molecule has 1 aliphatic rings. The Labute approximate surface area is 47.9 Å². The van der Waals surface area contributed by atoms with Gasteiger partial charge in [-0.05, 0) is 12.8 Å². The number of aliphatic carboxylic acids is 1. The van der Waals surface area contributed by atoms with Crippen LogP contribution in [0.5, 0.6) is 0 Å². The lowest BCUT2D eigenvalue weighted by Crippen LogP contribution is -1.94. The largest absolute Gasteiger partial charge is 0.481 e. The van der Waals surface area contributed by atoms with Crippen LogP contribution in [-0.4, -0.2) is 11.1 Å². The Balaban J connectivity index is 0.000000360. The first-order valence-corrected chi connectivity index (χ1v) is 2.03. The number of carbonyl (C=O) groups is 1. The maximum Gasteiger partial charge on any atom is 0.306 e. The number of carboxylic acids is 1. The molecule has 1 fully saturated rings. The average molecular weight is 123 g/mol. The summed E-state index contributed by atoms with van der Waals surface area (Å²) in [5.74, 6) is -0.611. The third-order valence-corrected chi connectivity index (χ3v) is 0.927. The highest BCUT2D eigenvalue weighted by Gasteiger charge is 2.28. The molecular formula is C4H7ClO2. The van der Waals surface area contributed by atoms with Gasteiger partial charge in [-0.1, -0.05) is 0 Å². The van der Waals surface area contributed by atoms with Gasteiger partial charge in [-0.15, -0.1) is 12.4 Å². The van der Waals surface area contributed by atoms with E-state index in [0.717, 1.165) is 12.8 Å². The summed E-state index contributed by atoms with van der Waals surface area (Å²) >= 11 is 0. The van der Waals surface area contributed by atoms with Gasteiger partial charge in [-0.3, -0.25) is 4.79 Å². The minimum absolute atomic E-state index is 0. The van der Waals surface area contributed by atoms with Crippen LogP contribution in [0.25, 0.3) is 0 Å². The topological polar surface area (TPSA) is 37.3 Å². The van der Waals surface area contributed by atoms with E-state index in [1.165, 1.54) is 0 Å².